The zero-order chi connectivity index (χ0) is 26.2. The molecule has 0 bridgehead atoms. The fraction of sp³-hybridized carbons (Fsp3) is 0.562. The molecule has 0 aromatic heterocycles. The van der Waals surface area contributed by atoms with Crippen LogP contribution in [-0.2, 0) is 39.2 Å². The second-order valence-electron chi connectivity index (χ2n) is 12.3. The number of phenols is 1. The van der Waals surface area contributed by atoms with Gasteiger partial charge in [0.05, 0.1) is 12.2 Å². The highest BCUT2D eigenvalue weighted by molar-refractivity contribution is 6.04. The van der Waals surface area contributed by atoms with Gasteiger partial charge >= 0.3 is 5.97 Å². The summed E-state index contributed by atoms with van der Waals surface area (Å²) in [6.45, 7) is 5.80. The van der Waals surface area contributed by atoms with Gasteiger partial charge in [-0.1, -0.05) is 31.2 Å². The molecule has 6 rings (SSSR count). The summed E-state index contributed by atoms with van der Waals surface area (Å²) in [6, 6.07) is 12.0. The highest BCUT2D eigenvalue weighted by Crippen LogP contribution is 2.67. The van der Waals surface area contributed by atoms with Crippen LogP contribution in [0, 0.1) is 22.7 Å². The van der Waals surface area contributed by atoms with Crippen molar-refractivity contribution in [3.05, 3.63) is 64.2 Å². The van der Waals surface area contributed by atoms with Crippen molar-refractivity contribution < 1.29 is 24.5 Å². The first-order valence-corrected chi connectivity index (χ1v) is 14.0. The van der Waals surface area contributed by atoms with E-state index in [-0.39, 0.29) is 17.8 Å². The molecule has 2 aromatic rings. The molecule has 0 radical (unpaired) electrons. The molecule has 1 unspecified atom stereocenters. The van der Waals surface area contributed by atoms with Crippen LogP contribution in [0.15, 0.2) is 36.4 Å². The number of ketones is 1. The Morgan fingerprint density at radius 1 is 1.00 bits per heavy atom. The second kappa shape index (κ2) is 8.42. The van der Waals surface area contributed by atoms with E-state index in [4.69, 9.17) is 4.74 Å². The first-order chi connectivity index (χ1) is 17.6. The summed E-state index contributed by atoms with van der Waals surface area (Å²) in [7, 11) is 0. The topological polar surface area (TPSA) is 83.8 Å². The van der Waals surface area contributed by atoms with Crippen LogP contribution in [0.3, 0.4) is 0 Å². The monoisotopic (exact) mass is 502 g/mol. The molecule has 0 spiro atoms. The Morgan fingerprint density at radius 3 is 2.54 bits per heavy atom. The minimum atomic E-state index is -1.15. The Morgan fingerprint density at radius 2 is 1.78 bits per heavy atom. The van der Waals surface area contributed by atoms with Crippen molar-refractivity contribution >= 4 is 11.8 Å². The zero-order valence-electron chi connectivity index (χ0n) is 22.2. The number of aromatic hydroxyl groups is 1. The van der Waals surface area contributed by atoms with Crippen molar-refractivity contribution in [2.75, 3.05) is 6.61 Å². The lowest BCUT2D eigenvalue weighted by Crippen LogP contribution is -2.49. The highest BCUT2D eigenvalue weighted by atomic mass is 16.5. The standard InChI is InChI=1S/C32H38O5/c1-4-37-29(35)31(19(2)33)17-21-5-7-23(15-22(21)18-31)32(36)14-12-28-27-9-6-20-16-24(34)8-10-25(20)26(27)11-13-30(28,32)3/h5,7-8,10,15-16,26-28,34,36H,4,6,9,11-14,17-18H2,1-3H3/t26-,27-,28+,30+,31?,32+/m1/s1. The third-order valence-corrected chi connectivity index (χ3v) is 10.9. The molecular weight excluding hydrogens is 464 g/mol. The minimum absolute atomic E-state index is 0.153. The third kappa shape index (κ3) is 3.39. The Kier molecular flexibility index (Phi) is 5.61. The highest BCUT2D eigenvalue weighted by Gasteiger charge is 2.62. The van der Waals surface area contributed by atoms with Crippen LogP contribution in [0.1, 0.15) is 86.6 Å². The maximum atomic E-state index is 12.9. The molecule has 196 valence electrons. The molecule has 2 N–H and O–H groups in total. The molecule has 2 aromatic carbocycles. The number of benzene rings is 2. The van der Waals surface area contributed by atoms with Gasteiger partial charge in [0, 0.05) is 5.41 Å². The van der Waals surface area contributed by atoms with Gasteiger partial charge in [0.25, 0.3) is 0 Å². The number of hydrogen-bond donors (Lipinski definition) is 2. The van der Waals surface area contributed by atoms with Crippen LogP contribution >= 0.6 is 0 Å². The fourth-order valence-corrected chi connectivity index (χ4v) is 8.80. The van der Waals surface area contributed by atoms with Crippen LogP contribution in [0.5, 0.6) is 5.75 Å². The number of phenolic OH excluding ortho intramolecular Hbond substituents is 1. The summed E-state index contributed by atoms with van der Waals surface area (Å²) >= 11 is 0. The van der Waals surface area contributed by atoms with E-state index >= 15 is 0 Å². The molecule has 4 aliphatic rings. The van der Waals surface area contributed by atoms with E-state index in [9.17, 15) is 19.8 Å². The number of ether oxygens (including phenoxy) is 1. The molecule has 5 heteroatoms. The van der Waals surface area contributed by atoms with Crippen molar-refractivity contribution in [3.8, 4) is 5.75 Å². The molecule has 6 atom stereocenters. The maximum absolute atomic E-state index is 12.9. The summed E-state index contributed by atoms with van der Waals surface area (Å²) in [4.78, 5) is 25.5. The van der Waals surface area contributed by atoms with E-state index < -0.39 is 17.0 Å². The van der Waals surface area contributed by atoms with E-state index in [1.54, 1.807) is 6.92 Å². The van der Waals surface area contributed by atoms with Gasteiger partial charge in [-0.25, -0.2) is 0 Å². The van der Waals surface area contributed by atoms with Gasteiger partial charge in [0.1, 0.15) is 16.9 Å². The summed E-state index contributed by atoms with van der Waals surface area (Å²) in [5.41, 5.74) is 3.29. The van der Waals surface area contributed by atoms with Crippen molar-refractivity contribution in [2.45, 2.75) is 83.7 Å². The van der Waals surface area contributed by atoms with E-state index in [1.165, 1.54) is 18.1 Å². The zero-order valence-corrected chi connectivity index (χ0v) is 22.2. The van der Waals surface area contributed by atoms with Crippen molar-refractivity contribution in [3.63, 3.8) is 0 Å². The van der Waals surface area contributed by atoms with Crippen LogP contribution in [-0.4, -0.2) is 28.6 Å². The number of fused-ring (bicyclic) bond motifs is 6. The average molecular weight is 503 g/mol. The van der Waals surface area contributed by atoms with Crippen LogP contribution < -0.4 is 0 Å². The molecule has 0 aliphatic heterocycles. The quantitative estimate of drug-likeness (QED) is 0.434. The molecule has 0 heterocycles. The van der Waals surface area contributed by atoms with Gasteiger partial charge in [0.2, 0.25) is 0 Å². The van der Waals surface area contributed by atoms with Gasteiger partial charge < -0.3 is 14.9 Å². The van der Waals surface area contributed by atoms with E-state index in [1.807, 2.05) is 24.3 Å². The molecule has 2 saturated carbocycles. The molecule has 0 saturated heterocycles. The predicted octanol–water partition coefficient (Wildman–Crippen LogP) is 5.37. The smallest absolute Gasteiger partial charge is 0.320 e. The van der Waals surface area contributed by atoms with Crippen molar-refractivity contribution in [1.82, 2.24) is 0 Å². The van der Waals surface area contributed by atoms with Crippen LogP contribution in [0.2, 0.25) is 0 Å². The van der Waals surface area contributed by atoms with Gasteiger partial charge in [-0.05, 0) is 123 Å². The number of rotatable bonds is 4. The Balaban J connectivity index is 1.31. The number of Topliss-reactive ketones (excluding diaryl/α,β-unsaturated/α-hetero) is 1. The van der Waals surface area contributed by atoms with Crippen LogP contribution in [0.4, 0.5) is 0 Å². The second-order valence-corrected chi connectivity index (χ2v) is 12.3. The van der Waals surface area contributed by atoms with E-state index in [0.29, 0.717) is 36.3 Å². The average Bonchev–Trinajstić information content (AvgIpc) is 3.40. The van der Waals surface area contributed by atoms with E-state index in [2.05, 4.69) is 19.1 Å². The van der Waals surface area contributed by atoms with Gasteiger partial charge in [0.15, 0.2) is 0 Å². The third-order valence-electron chi connectivity index (χ3n) is 10.9. The lowest BCUT2D eigenvalue weighted by Gasteiger charge is -2.53. The number of aryl methyl sites for hydroxylation is 1. The molecule has 5 nitrogen and oxygen atoms in total. The number of esters is 1. The molecule has 2 fully saturated rings. The van der Waals surface area contributed by atoms with Crippen LogP contribution in [0.25, 0.3) is 0 Å². The number of carbonyl (C=O) groups is 2. The van der Waals surface area contributed by atoms with Crippen molar-refractivity contribution in [1.29, 1.82) is 0 Å². The molecule has 37 heavy (non-hydrogen) atoms. The molecular formula is C32H38O5. The normalized spacial score (nSPS) is 35.7. The molecule has 0 amide bonds. The largest absolute Gasteiger partial charge is 0.508 e. The lowest BCUT2D eigenvalue weighted by atomic mass is 9.52. The lowest BCUT2D eigenvalue weighted by molar-refractivity contribution is -0.159. The number of aliphatic hydroxyl groups is 1. The summed E-state index contributed by atoms with van der Waals surface area (Å²) in [5.74, 6) is 1.22. The summed E-state index contributed by atoms with van der Waals surface area (Å²) in [5, 5.41) is 22.4. The first-order valence-electron chi connectivity index (χ1n) is 14.0. The predicted molar refractivity (Wildman–Crippen MR) is 140 cm³/mol. The Labute approximate surface area is 219 Å². The fourth-order valence-electron chi connectivity index (χ4n) is 8.80. The SMILES string of the molecule is CCOC(=O)C1(C(C)=O)Cc2ccc([C@@]3(O)CC[C@H]4[C@@H]5CCc6cc(O)ccc6[C@H]5CC[C@@]43C)cc2C1. The number of carbonyl (C=O) groups excluding carboxylic acids is 2. The van der Waals surface area contributed by atoms with Crippen molar-refractivity contribution in [2.24, 2.45) is 22.7 Å². The molecule has 4 aliphatic carbocycles. The minimum Gasteiger partial charge on any atom is -0.508 e. The Hall–Kier alpha value is -2.66. The van der Waals surface area contributed by atoms with E-state index in [0.717, 1.165) is 55.2 Å². The first kappa shape index (κ1) is 24.7. The van der Waals surface area contributed by atoms with Gasteiger partial charge in [-0.2, -0.15) is 0 Å². The summed E-state index contributed by atoms with van der Waals surface area (Å²) in [6.07, 6.45) is 6.51. The summed E-state index contributed by atoms with van der Waals surface area (Å²) < 4.78 is 5.32. The Bertz CT molecular complexity index is 1280. The number of hydrogen-bond acceptors (Lipinski definition) is 5. The van der Waals surface area contributed by atoms with Gasteiger partial charge in [-0.15, -0.1) is 0 Å². The van der Waals surface area contributed by atoms with Gasteiger partial charge in [-0.3, -0.25) is 9.59 Å². The maximum Gasteiger partial charge on any atom is 0.320 e.